The van der Waals surface area contributed by atoms with E-state index in [-0.39, 0.29) is 0 Å². The fourth-order valence-corrected chi connectivity index (χ4v) is 1.15. The van der Waals surface area contributed by atoms with Crippen molar-refractivity contribution in [1.82, 2.24) is 20.6 Å². The lowest BCUT2D eigenvalue weighted by Crippen LogP contribution is -1.84. The van der Waals surface area contributed by atoms with Gasteiger partial charge in [-0.3, -0.25) is 0 Å². The van der Waals surface area contributed by atoms with Crippen molar-refractivity contribution in [1.29, 1.82) is 0 Å². The third kappa shape index (κ3) is 1.33. The highest BCUT2D eigenvalue weighted by Crippen LogP contribution is 2.19. The van der Waals surface area contributed by atoms with Crippen LogP contribution >= 0.6 is 0 Å². The number of tetrazole rings is 1. The van der Waals surface area contributed by atoms with Crippen LogP contribution in [0.4, 0.5) is 0 Å². The molecular formula is C9H8N4. The Labute approximate surface area is 75.3 Å². The molecule has 1 aromatic heterocycles. The average Bonchev–Trinajstić information content (AvgIpc) is 2.70. The Morgan fingerprint density at radius 2 is 2.15 bits per heavy atom. The van der Waals surface area contributed by atoms with E-state index >= 15 is 0 Å². The molecule has 0 bridgehead atoms. The summed E-state index contributed by atoms with van der Waals surface area (Å²) in [6.45, 7) is 3.72. The number of benzene rings is 1. The molecule has 2 aromatic rings. The van der Waals surface area contributed by atoms with Crippen LogP contribution in [0, 0.1) is 0 Å². The highest BCUT2D eigenvalue weighted by Gasteiger charge is 2.04. The molecule has 0 saturated carbocycles. The lowest BCUT2D eigenvalue weighted by atomic mass is 10.1. The summed E-state index contributed by atoms with van der Waals surface area (Å²) >= 11 is 0. The molecule has 0 radical (unpaired) electrons. The second-order valence-corrected chi connectivity index (χ2v) is 2.53. The Morgan fingerprint density at radius 1 is 1.31 bits per heavy atom. The number of aromatic nitrogens is 4. The van der Waals surface area contributed by atoms with Gasteiger partial charge in [-0.05, 0) is 10.8 Å². The summed E-state index contributed by atoms with van der Waals surface area (Å²) in [5.41, 5.74) is 1.94. The van der Waals surface area contributed by atoms with Gasteiger partial charge in [0.05, 0.1) is 0 Å². The maximum atomic E-state index is 3.90. The third-order valence-electron chi connectivity index (χ3n) is 1.77. The van der Waals surface area contributed by atoms with Gasteiger partial charge in [-0.1, -0.05) is 36.9 Å². The smallest absolute Gasteiger partial charge is 0.177 e. The van der Waals surface area contributed by atoms with Crippen molar-refractivity contribution in [2.45, 2.75) is 0 Å². The van der Waals surface area contributed by atoms with Crippen molar-refractivity contribution in [3.05, 3.63) is 36.4 Å². The highest BCUT2D eigenvalue weighted by atomic mass is 15.5. The summed E-state index contributed by atoms with van der Waals surface area (Å²) in [5, 5.41) is 13.7. The maximum absolute atomic E-state index is 3.90. The van der Waals surface area contributed by atoms with Gasteiger partial charge in [0, 0.05) is 5.56 Å². The first-order valence-electron chi connectivity index (χ1n) is 3.87. The van der Waals surface area contributed by atoms with E-state index in [0.29, 0.717) is 5.82 Å². The first-order valence-corrected chi connectivity index (χ1v) is 3.87. The SMILES string of the molecule is C=Cc1ccccc1-c1nn[nH]n1. The Hall–Kier alpha value is -1.97. The van der Waals surface area contributed by atoms with Crippen LogP contribution in [0.2, 0.25) is 0 Å². The summed E-state index contributed by atoms with van der Waals surface area (Å²) in [5.74, 6) is 0.593. The van der Waals surface area contributed by atoms with Crippen LogP contribution in [0.15, 0.2) is 30.8 Å². The Bertz CT molecular complexity index is 405. The van der Waals surface area contributed by atoms with Crippen LogP contribution in [0.25, 0.3) is 17.5 Å². The van der Waals surface area contributed by atoms with Crippen molar-refractivity contribution in [2.24, 2.45) is 0 Å². The second kappa shape index (κ2) is 3.18. The van der Waals surface area contributed by atoms with Crippen molar-refractivity contribution in [3.63, 3.8) is 0 Å². The standard InChI is InChI=1S/C9H8N4/c1-2-7-5-3-4-6-8(7)9-10-12-13-11-9/h2-6H,1H2,(H,10,11,12,13). The van der Waals surface area contributed by atoms with Gasteiger partial charge in [0.1, 0.15) is 0 Å². The lowest BCUT2D eigenvalue weighted by Gasteiger charge is -1.98. The van der Waals surface area contributed by atoms with Gasteiger partial charge in [0.25, 0.3) is 0 Å². The summed E-state index contributed by atoms with van der Waals surface area (Å²) < 4.78 is 0. The quantitative estimate of drug-likeness (QED) is 0.747. The molecule has 0 saturated heterocycles. The molecule has 0 amide bonds. The minimum atomic E-state index is 0.593. The molecule has 64 valence electrons. The van der Waals surface area contributed by atoms with E-state index in [1.54, 1.807) is 6.08 Å². The van der Waals surface area contributed by atoms with Gasteiger partial charge in [-0.2, -0.15) is 5.21 Å². The Balaban J connectivity index is 2.57. The average molecular weight is 172 g/mol. The van der Waals surface area contributed by atoms with Gasteiger partial charge in [0.15, 0.2) is 0 Å². The number of nitrogens with one attached hydrogen (secondary N) is 1. The largest absolute Gasteiger partial charge is 0.205 e. The van der Waals surface area contributed by atoms with Crippen molar-refractivity contribution in [3.8, 4) is 11.4 Å². The normalized spacial score (nSPS) is 9.85. The zero-order valence-corrected chi connectivity index (χ0v) is 6.94. The molecule has 0 unspecified atom stereocenters. The van der Waals surface area contributed by atoms with E-state index in [4.69, 9.17) is 0 Å². The number of hydrogen-bond acceptors (Lipinski definition) is 3. The molecule has 4 nitrogen and oxygen atoms in total. The molecule has 0 aliphatic carbocycles. The highest BCUT2D eigenvalue weighted by molar-refractivity contribution is 5.69. The van der Waals surface area contributed by atoms with Gasteiger partial charge < -0.3 is 0 Å². The van der Waals surface area contributed by atoms with Crippen molar-refractivity contribution >= 4 is 6.08 Å². The molecule has 0 fully saturated rings. The van der Waals surface area contributed by atoms with Crippen LogP contribution in [-0.2, 0) is 0 Å². The minimum absolute atomic E-state index is 0.593. The van der Waals surface area contributed by atoms with Crippen molar-refractivity contribution < 1.29 is 0 Å². The predicted molar refractivity (Wildman–Crippen MR) is 49.7 cm³/mol. The number of rotatable bonds is 2. The zero-order valence-electron chi connectivity index (χ0n) is 6.94. The van der Waals surface area contributed by atoms with Crippen LogP contribution < -0.4 is 0 Å². The van der Waals surface area contributed by atoms with E-state index in [1.807, 2.05) is 24.3 Å². The van der Waals surface area contributed by atoms with Crippen molar-refractivity contribution in [2.75, 3.05) is 0 Å². The third-order valence-corrected chi connectivity index (χ3v) is 1.77. The molecule has 0 spiro atoms. The molecule has 13 heavy (non-hydrogen) atoms. The van der Waals surface area contributed by atoms with Gasteiger partial charge >= 0.3 is 0 Å². The zero-order chi connectivity index (χ0) is 9.10. The molecule has 1 aromatic carbocycles. The maximum Gasteiger partial charge on any atom is 0.205 e. The summed E-state index contributed by atoms with van der Waals surface area (Å²) in [7, 11) is 0. The molecule has 0 aliphatic heterocycles. The Morgan fingerprint density at radius 3 is 2.85 bits per heavy atom. The molecular weight excluding hydrogens is 164 g/mol. The molecule has 0 aliphatic rings. The Kier molecular flexibility index (Phi) is 1.88. The number of H-pyrrole nitrogens is 1. The number of nitrogens with zero attached hydrogens (tertiary/aromatic N) is 3. The van der Waals surface area contributed by atoms with E-state index in [1.165, 1.54) is 0 Å². The van der Waals surface area contributed by atoms with E-state index in [9.17, 15) is 0 Å². The summed E-state index contributed by atoms with van der Waals surface area (Å²) in [6, 6.07) is 7.76. The summed E-state index contributed by atoms with van der Waals surface area (Å²) in [6.07, 6.45) is 1.77. The van der Waals surface area contributed by atoms with Crippen LogP contribution in [-0.4, -0.2) is 20.6 Å². The van der Waals surface area contributed by atoms with Gasteiger partial charge in [-0.25, -0.2) is 0 Å². The monoisotopic (exact) mass is 172 g/mol. The lowest BCUT2D eigenvalue weighted by molar-refractivity contribution is 0.881. The van der Waals surface area contributed by atoms with Crippen LogP contribution in [0.3, 0.4) is 0 Å². The van der Waals surface area contributed by atoms with E-state index in [0.717, 1.165) is 11.1 Å². The van der Waals surface area contributed by atoms with Gasteiger partial charge in [0.2, 0.25) is 5.82 Å². The van der Waals surface area contributed by atoms with Crippen LogP contribution in [0.5, 0.6) is 0 Å². The molecule has 2 rings (SSSR count). The number of aromatic amines is 1. The second-order valence-electron chi connectivity index (χ2n) is 2.53. The number of hydrogen-bond donors (Lipinski definition) is 1. The molecule has 1 heterocycles. The van der Waals surface area contributed by atoms with Gasteiger partial charge in [-0.15, -0.1) is 10.2 Å². The van der Waals surface area contributed by atoms with E-state index < -0.39 is 0 Å². The first-order chi connectivity index (χ1) is 6.42. The topological polar surface area (TPSA) is 54.5 Å². The first kappa shape index (κ1) is 7.67. The van der Waals surface area contributed by atoms with Crippen LogP contribution in [0.1, 0.15) is 5.56 Å². The predicted octanol–water partition coefficient (Wildman–Crippen LogP) is 1.51. The summed E-state index contributed by atoms with van der Waals surface area (Å²) in [4.78, 5) is 0. The fourth-order valence-electron chi connectivity index (χ4n) is 1.15. The molecule has 0 atom stereocenters. The fraction of sp³-hybridized carbons (Fsp3) is 0. The molecule has 1 N–H and O–H groups in total. The molecule has 4 heteroatoms. The van der Waals surface area contributed by atoms with E-state index in [2.05, 4.69) is 27.2 Å². The minimum Gasteiger partial charge on any atom is -0.177 e.